The van der Waals surface area contributed by atoms with Gasteiger partial charge in [0.2, 0.25) is 5.69 Å². The van der Waals surface area contributed by atoms with Gasteiger partial charge in [0, 0.05) is 59.6 Å². The summed E-state index contributed by atoms with van der Waals surface area (Å²) in [5.74, 6) is -1.34. The maximum Gasteiger partial charge on any atom is 0.303 e. The van der Waals surface area contributed by atoms with E-state index in [9.17, 15) is 30.7 Å². The van der Waals surface area contributed by atoms with Crippen LogP contribution in [0.5, 0.6) is 0 Å². The zero-order valence-corrected chi connectivity index (χ0v) is 29.9. The Morgan fingerprint density at radius 1 is 0.939 bits per heavy atom. The van der Waals surface area contributed by atoms with Crippen LogP contribution < -0.4 is 4.90 Å². The Balaban J connectivity index is 1.46. The van der Waals surface area contributed by atoms with Gasteiger partial charge in [0.1, 0.15) is 16.7 Å². The first-order valence-corrected chi connectivity index (χ1v) is 19.1. The number of anilines is 1. The summed E-state index contributed by atoms with van der Waals surface area (Å²) < 4.78 is 71.1. The second-order valence-electron chi connectivity index (χ2n) is 13.5. The first-order chi connectivity index (χ1) is 22.9. The minimum atomic E-state index is -4.58. The van der Waals surface area contributed by atoms with Gasteiger partial charge in [0.25, 0.3) is 0 Å². The lowest BCUT2D eigenvalue weighted by molar-refractivity contribution is -0.437. The summed E-state index contributed by atoms with van der Waals surface area (Å²) in [5, 5.41) is 10.7. The Morgan fingerprint density at radius 3 is 2.33 bits per heavy atom. The van der Waals surface area contributed by atoms with E-state index >= 15 is 0 Å². The quantitative estimate of drug-likeness (QED) is 0.138. The minimum Gasteiger partial charge on any atom is -0.748 e. The van der Waals surface area contributed by atoms with Gasteiger partial charge in [-0.15, -0.1) is 0 Å². The summed E-state index contributed by atoms with van der Waals surface area (Å²) in [5.41, 5.74) is 5.94. The smallest absolute Gasteiger partial charge is 0.303 e. The molecule has 0 radical (unpaired) electrons. The number of carbonyl (C=O) groups is 1. The number of fused-ring (bicyclic) bond motifs is 4. The van der Waals surface area contributed by atoms with Crippen LogP contribution in [0.25, 0.3) is 10.8 Å². The van der Waals surface area contributed by atoms with Gasteiger partial charge in [-0.05, 0) is 79.4 Å². The van der Waals surface area contributed by atoms with Gasteiger partial charge in [-0.1, -0.05) is 50.3 Å². The number of aliphatic carboxylic acids is 1. The van der Waals surface area contributed by atoms with E-state index in [1.54, 1.807) is 6.07 Å². The highest BCUT2D eigenvalue weighted by molar-refractivity contribution is 7.86. The fraction of sp³-hybridized carbons (Fsp3) is 0.351. The van der Waals surface area contributed by atoms with Gasteiger partial charge in [0.05, 0.1) is 20.4 Å². The molecule has 49 heavy (non-hydrogen) atoms. The van der Waals surface area contributed by atoms with Crippen molar-refractivity contribution in [3.63, 3.8) is 0 Å². The number of hydrogen-bond donors (Lipinski definition) is 1. The number of aryl methyl sites for hydroxylation is 1. The molecular formula is C37H41N2O8S2-. The Bertz CT molecular complexity index is 2180. The SMILES string of the molecule is CCN1C(=CC=CC=CC2=[N+](CCCS(=O)(=O)[O-])c3ccc(CCC(=O)O)cc3C2(C)C)C(C)(C)c2c1ccc1cc(S(=O)(=O)[O-])ccc21. The maximum absolute atomic E-state index is 11.7. The van der Waals surface area contributed by atoms with Crippen LogP contribution in [0.2, 0.25) is 0 Å². The number of carboxylic acids is 1. The molecule has 0 bridgehead atoms. The lowest BCUT2D eigenvalue weighted by Gasteiger charge is -2.26. The number of allylic oxidation sites excluding steroid dienone is 6. The molecule has 0 amide bonds. The summed E-state index contributed by atoms with van der Waals surface area (Å²) in [4.78, 5) is 13.1. The molecule has 0 saturated carbocycles. The number of rotatable bonds is 12. The zero-order chi connectivity index (χ0) is 35.9. The highest BCUT2D eigenvalue weighted by atomic mass is 32.2. The molecule has 10 nitrogen and oxygen atoms in total. The Labute approximate surface area is 288 Å². The van der Waals surface area contributed by atoms with Crippen molar-refractivity contribution in [3.05, 3.63) is 101 Å². The second kappa shape index (κ2) is 13.3. The summed E-state index contributed by atoms with van der Waals surface area (Å²) in [6.07, 6.45) is 10.4. The molecule has 2 aliphatic rings. The Hall–Kier alpha value is -4.10. The molecule has 2 aliphatic heterocycles. The van der Waals surface area contributed by atoms with Gasteiger partial charge in [-0.3, -0.25) is 4.79 Å². The van der Waals surface area contributed by atoms with Crippen LogP contribution in [0.1, 0.15) is 64.2 Å². The Morgan fingerprint density at radius 2 is 1.67 bits per heavy atom. The highest BCUT2D eigenvalue weighted by Crippen LogP contribution is 2.50. The molecule has 260 valence electrons. The van der Waals surface area contributed by atoms with E-state index in [1.165, 1.54) is 12.1 Å². The Kier molecular flexibility index (Phi) is 9.83. The third kappa shape index (κ3) is 7.28. The number of benzene rings is 3. The van der Waals surface area contributed by atoms with E-state index in [-0.39, 0.29) is 17.7 Å². The van der Waals surface area contributed by atoms with E-state index in [1.807, 2.05) is 59.2 Å². The van der Waals surface area contributed by atoms with Gasteiger partial charge < -0.3 is 19.1 Å². The standard InChI is InChI=1S/C37H42N2O8S2/c1-6-38-31-19-15-26-24-27(49(45,46)47)16-17-28(26)35(31)37(4,5)33(38)12-9-7-8-11-32-36(2,3)29-23-25(14-20-34(40)41)13-18-30(29)39(32)21-10-22-48(42,43)44/h7-9,11-13,15-19,23-24H,6,10,14,20-22H2,1-5H3,(H2-,40,41,42,43,44,45,46,47)/p-1. The van der Waals surface area contributed by atoms with Gasteiger partial charge in [-0.2, -0.15) is 4.58 Å². The lowest BCUT2D eigenvalue weighted by atomic mass is 9.80. The average molecular weight is 706 g/mol. The lowest BCUT2D eigenvalue weighted by Crippen LogP contribution is -2.28. The minimum absolute atomic E-state index is 0.0152. The molecule has 0 saturated heterocycles. The van der Waals surface area contributed by atoms with Gasteiger partial charge in [0.15, 0.2) is 5.71 Å². The summed E-state index contributed by atoms with van der Waals surface area (Å²) >= 11 is 0. The van der Waals surface area contributed by atoms with Crippen molar-refractivity contribution in [3.8, 4) is 0 Å². The van der Waals surface area contributed by atoms with Crippen LogP contribution in [0.15, 0.2) is 89.5 Å². The molecule has 0 fully saturated rings. The molecule has 1 N–H and O–H groups in total. The third-order valence-corrected chi connectivity index (χ3v) is 11.1. The number of likely N-dealkylation sites (N-methyl/N-ethyl adjacent to an activating group) is 1. The monoisotopic (exact) mass is 705 g/mol. The summed E-state index contributed by atoms with van der Waals surface area (Å²) in [6, 6.07) is 14.1. The molecular weight excluding hydrogens is 665 g/mol. The summed E-state index contributed by atoms with van der Waals surface area (Å²) in [6.45, 7) is 11.5. The average Bonchev–Trinajstić information content (AvgIpc) is 3.36. The first-order valence-electron chi connectivity index (χ1n) is 16.2. The summed E-state index contributed by atoms with van der Waals surface area (Å²) in [7, 11) is -8.95. The van der Waals surface area contributed by atoms with Gasteiger partial charge >= 0.3 is 5.97 Å². The molecule has 3 aromatic rings. The number of carboxylic acid groups (broad SMARTS) is 1. The van der Waals surface area contributed by atoms with Crippen LogP contribution in [0.4, 0.5) is 11.4 Å². The number of nitrogens with zero attached hydrogens (tertiary/aromatic N) is 2. The fourth-order valence-electron chi connectivity index (χ4n) is 7.20. The van der Waals surface area contributed by atoms with Crippen molar-refractivity contribution in [2.75, 3.05) is 23.7 Å². The molecule has 2 heterocycles. The zero-order valence-electron chi connectivity index (χ0n) is 28.3. The van der Waals surface area contributed by atoms with Crippen molar-refractivity contribution < 1.29 is 40.4 Å². The fourth-order valence-corrected chi connectivity index (χ4v) is 8.18. The van der Waals surface area contributed by atoms with Crippen molar-refractivity contribution in [1.82, 2.24) is 0 Å². The molecule has 0 atom stereocenters. The van der Waals surface area contributed by atoms with Crippen LogP contribution in [0.3, 0.4) is 0 Å². The van der Waals surface area contributed by atoms with E-state index < -0.39 is 42.8 Å². The van der Waals surface area contributed by atoms with Crippen LogP contribution in [-0.4, -0.2) is 66.1 Å². The third-order valence-electron chi connectivity index (χ3n) is 9.51. The molecule has 0 aliphatic carbocycles. The van der Waals surface area contributed by atoms with Crippen LogP contribution >= 0.6 is 0 Å². The predicted octanol–water partition coefficient (Wildman–Crippen LogP) is 5.89. The van der Waals surface area contributed by atoms with E-state index in [4.69, 9.17) is 5.11 Å². The molecule has 12 heteroatoms. The van der Waals surface area contributed by atoms with Crippen molar-refractivity contribution in [2.24, 2.45) is 0 Å². The van der Waals surface area contributed by atoms with Crippen molar-refractivity contribution in [2.45, 2.75) is 69.6 Å². The van der Waals surface area contributed by atoms with E-state index in [0.29, 0.717) is 24.9 Å². The molecule has 0 spiro atoms. The number of hydrogen-bond acceptors (Lipinski definition) is 8. The van der Waals surface area contributed by atoms with Crippen molar-refractivity contribution >= 4 is 54.1 Å². The highest BCUT2D eigenvalue weighted by Gasteiger charge is 2.44. The van der Waals surface area contributed by atoms with E-state index in [2.05, 4.69) is 45.6 Å². The normalized spacial score (nSPS) is 17.9. The predicted molar refractivity (Wildman–Crippen MR) is 189 cm³/mol. The molecule has 5 rings (SSSR count). The van der Waals surface area contributed by atoms with E-state index in [0.717, 1.165) is 44.9 Å². The topological polar surface area (TPSA) is 158 Å². The van der Waals surface area contributed by atoms with Crippen LogP contribution in [0, 0.1) is 0 Å². The maximum atomic E-state index is 11.7. The molecule has 0 unspecified atom stereocenters. The van der Waals surface area contributed by atoms with Crippen molar-refractivity contribution in [1.29, 1.82) is 0 Å². The molecule has 0 aromatic heterocycles. The largest absolute Gasteiger partial charge is 0.748 e. The second-order valence-corrected chi connectivity index (χ2v) is 16.4. The van der Waals surface area contributed by atoms with Gasteiger partial charge in [-0.25, -0.2) is 16.8 Å². The first kappa shape index (κ1) is 36.2. The van der Waals surface area contributed by atoms with Crippen LogP contribution in [-0.2, 0) is 42.3 Å². The molecule has 3 aromatic carbocycles.